The standard InChI is InChI=1S/C14H20N4O2/c1-4-10-9(2)12-11(13(15)17-10)16-8-18(12)5-14(3,6-19)7-20/h4,8,19-20H,1,5-7H2,2-3H3,(H2,15,17). The van der Waals surface area contributed by atoms with Crippen LogP contribution in [0.25, 0.3) is 17.1 Å². The third-order valence-corrected chi connectivity index (χ3v) is 3.57. The van der Waals surface area contributed by atoms with Gasteiger partial charge in [-0.3, -0.25) is 0 Å². The first kappa shape index (κ1) is 14.5. The number of hydrogen-bond acceptors (Lipinski definition) is 5. The Hall–Kier alpha value is -1.92. The first-order valence-electron chi connectivity index (χ1n) is 6.41. The molecule has 20 heavy (non-hydrogen) atoms. The van der Waals surface area contributed by atoms with E-state index in [1.54, 1.807) is 12.4 Å². The molecule has 0 aliphatic carbocycles. The minimum atomic E-state index is -0.619. The van der Waals surface area contributed by atoms with Crippen molar-refractivity contribution in [2.75, 3.05) is 18.9 Å². The largest absolute Gasteiger partial charge is 0.396 e. The van der Waals surface area contributed by atoms with E-state index < -0.39 is 5.41 Å². The second kappa shape index (κ2) is 5.22. The van der Waals surface area contributed by atoms with Crippen molar-refractivity contribution >= 4 is 22.9 Å². The highest BCUT2D eigenvalue weighted by molar-refractivity contribution is 5.89. The molecule has 4 N–H and O–H groups in total. The van der Waals surface area contributed by atoms with E-state index in [2.05, 4.69) is 16.5 Å². The number of fused-ring (bicyclic) bond motifs is 1. The van der Waals surface area contributed by atoms with Gasteiger partial charge in [0.25, 0.3) is 0 Å². The van der Waals surface area contributed by atoms with E-state index in [1.807, 2.05) is 18.4 Å². The van der Waals surface area contributed by atoms with Gasteiger partial charge in [-0.15, -0.1) is 0 Å². The number of aliphatic hydroxyl groups excluding tert-OH is 2. The van der Waals surface area contributed by atoms with Crippen LogP contribution >= 0.6 is 0 Å². The van der Waals surface area contributed by atoms with Gasteiger partial charge in [0.1, 0.15) is 5.52 Å². The van der Waals surface area contributed by atoms with Crippen molar-refractivity contribution in [3.63, 3.8) is 0 Å². The summed E-state index contributed by atoms with van der Waals surface area (Å²) in [5.74, 6) is 0.356. The molecule has 0 spiro atoms. The average molecular weight is 276 g/mol. The zero-order chi connectivity index (χ0) is 14.9. The van der Waals surface area contributed by atoms with Gasteiger partial charge in [0.2, 0.25) is 0 Å². The number of nitrogens with zero attached hydrogens (tertiary/aromatic N) is 3. The molecule has 2 aromatic heterocycles. The molecule has 6 nitrogen and oxygen atoms in total. The van der Waals surface area contributed by atoms with Crippen molar-refractivity contribution in [3.8, 4) is 0 Å². The van der Waals surface area contributed by atoms with Crippen LogP contribution in [0.2, 0.25) is 0 Å². The smallest absolute Gasteiger partial charge is 0.152 e. The second-order valence-corrected chi connectivity index (χ2v) is 5.41. The maximum absolute atomic E-state index is 9.43. The molecule has 2 aromatic rings. The molecule has 0 aromatic carbocycles. The molecule has 0 aliphatic rings. The number of imidazole rings is 1. The number of nitrogens with two attached hydrogens (primary N) is 1. The second-order valence-electron chi connectivity index (χ2n) is 5.41. The van der Waals surface area contributed by atoms with Crippen LogP contribution in [0.5, 0.6) is 0 Å². The first-order chi connectivity index (χ1) is 9.45. The molecule has 2 heterocycles. The number of aliphatic hydroxyl groups is 2. The zero-order valence-corrected chi connectivity index (χ0v) is 11.8. The topological polar surface area (TPSA) is 97.2 Å². The number of nitrogen functional groups attached to an aromatic ring is 1. The fourth-order valence-electron chi connectivity index (χ4n) is 2.23. The molecule has 2 rings (SSSR count). The van der Waals surface area contributed by atoms with E-state index in [1.165, 1.54) is 0 Å². The lowest BCUT2D eigenvalue weighted by Crippen LogP contribution is -2.31. The van der Waals surface area contributed by atoms with Crippen molar-refractivity contribution in [2.24, 2.45) is 5.41 Å². The van der Waals surface area contributed by atoms with Crippen molar-refractivity contribution < 1.29 is 10.2 Å². The predicted octanol–water partition coefficient (Wildman–Crippen LogP) is 0.956. The molecule has 0 atom stereocenters. The maximum Gasteiger partial charge on any atom is 0.152 e. The van der Waals surface area contributed by atoms with Gasteiger partial charge >= 0.3 is 0 Å². The van der Waals surface area contributed by atoms with Crippen LogP contribution in [0.15, 0.2) is 12.9 Å². The Morgan fingerprint density at radius 2 is 2.10 bits per heavy atom. The zero-order valence-electron chi connectivity index (χ0n) is 11.8. The number of aromatic nitrogens is 3. The monoisotopic (exact) mass is 276 g/mol. The van der Waals surface area contributed by atoms with Crippen LogP contribution in [-0.2, 0) is 6.54 Å². The van der Waals surface area contributed by atoms with Crippen LogP contribution in [0, 0.1) is 12.3 Å². The summed E-state index contributed by atoms with van der Waals surface area (Å²) in [4.78, 5) is 8.54. The van der Waals surface area contributed by atoms with E-state index in [9.17, 15) is 10.2 Å². The molecule has 0 aliphatic heterocycles. The van der Waals surface area contributed by atoms with Crippen LogP contribution in [0.4, 0.5) is 5.82 Å². The molecule has 0 radical (unpaired) electrons. The summed E-state index contributed by atoms with van der Waals surface area (Å²) < 4.78 is 1.89. The number of pyridine rings is 1. The Morgan fingerprint density at radius 1 is 1.45 bits per heavy atom. The summed E-state index contributed by atoms with van der Waals surface area (Å²) in [7, 11) is 0. The fraction of sp³-hybridized carbons (Fsp3) is 0.429. The van der Waals surface area contributed by atoms with Gasteiger partial charge in [0.05, 0.1) is 30.8 Å². The van der Waals surface area contributed by atoms with Gasteiger partial charge in [0, 0.05) is 17.5 Å². The Balaban J connectivity index is 2.61. The lowest BCUT2D eigenvalue weighted by molar-refractivity contribution is 0.0563. The van der Waals surface area contributed by atoms with Crippen molar-refractivity contribution in [1.29, 1.82) is 0 Å². The molecular formula is C14H20N4O2. The highest BCUT2D eigenvalue weighted by Crippen LogP contribution is 2.27. The van der Waals surface area contributed by atoms with Gasteiger partial charge in [0.15, 0.2) is 5.82 Å². The van der Waals surface area contributed by atoms with Gasteiger partial charge in [-0.05, 0) is 13.0 Å². The highest BCUT2D eigenvalue weighted by atomic mass is 16.3. The molecule has 0 saturated carbocycles. The Kier molecular flexibility index (Phi) is 3.78. The predicted molar refractivity (Wildman–Crippen MR) is 79.0 cm³/mol. The SMILES string of the molecule is C=Cc1nc(N)c2ncn(CC(C)(CO)CO)c2c1C. The summed E-state index contributed by atoms with van der Waals surface area (Å²) in [6.07, 6.45) is 3.31. The quantitative estimate of drug-likeness (QED) is 0.755. The Bertz CT molecular complexity index is 644. The van der Waals surface area contributed by atoms with Gasteiger partial charge in [-0.1, -0.05) is 13.5 Å². The average Bonchev–Trinajstić information content (AvgIpc) is 2.87. The maximum atomic E-state index is 9.43. The summed E-state index contributed by atoms with van der Waals surface area (Å²) in [5, 5.41) is 18.9. The molecule has 0 saturated heterocycles. The molecule has 0 amide bonds. The Morgan fingerprint density at radius 3 is 2.65 bits per heavy atom. The number of hydrogen-bond donors (Lipinski definition) is 3. The molecule has 6 heteroatoms. The lowest BCUT2D eigenvalue weighted by Gasteiger charge is -2.25. The van der Waals surface area contributed by atoms with Crippen molar-refractivity contribution in [3.05, 3.63) is 24.2 Å². The molecule has 0 unspecified atom stereocenters. The van der Waals surface area contributed by atoms with Crippen LogP contribution in [-0.4, -0.2) is 38.0 Å². The number of rotatable bonds is 5. The van der Waals surface area contributed by atoms with Crippen LogP contribution in [0.3, 0.4) is 0 Å². The summed E-state index contributed by atoms with van der Waals surface area (Å²) in [6.45, 7) is 7.69. The fourth-order valence-corrected chi connectivity index (χ4v) is 2.23. The van der Waals surface area contributed by atoms with Crippen molar-refractivity contribution in [1.82, 2.24) is 14.5 Å². The van der Waals surface area contributed by atoms with Gasteiger partial charge < -0.3 is 20.5 Å². The minimum Gasteiger partial charge on any atom is -0.396 e. The lowest BCUT2D eigenvalue weighted by atomic mass is 9.93. The third kappa shape index (κ3) is 2.28. The van der Waals surface area contributed by atoms with E-state index in [-0.39, 0.29) is 13.2 Å². The number of aryl methyl sites for hydroxylation is 1. The van der Waals surface area contributed by atoms with Crippen LogP contribution < -0.4 is 5.73 Å². The van der Waals surface area contributed by atoms with Crippen molar-refractivity contribution in [2.45, 2.75) is 20.4 Å². The van der Waals surface area contributed by atoms with Gasteiger partial charge in [-0.25, -0.2) is 9.97 Å². The van der Waals surface area contributed by atoms with E-state index in [4.69, 9.17) is 5.73 Å². The van der Waals surface area contributed by atoms with E-state index >= 15 is 0 Å². The number of anilines is 1. The van der Waals surface area contributed by atoms with E-state index in [0.717, 1.165) is 11.1 Å². The van der Waals surface area contributed by atoms with Gasteiger partial charge in [-0.2, -0.15) is 0 Å². The molecular weight excluding hydrogens is 256 g/mol. The summed E-state index contributed by atoms with van der Waals surface area (Å²) >= 11 is 0. The molecule has 0 bridgehead atoms. The summed E-state index contributed by atoms with van der Waals surface area (Å²) in [5.41, 5.74) is 8.43. The normalized spacial score (nSPS) is 12.0. The highest BCUT2D eigenvalue weighted by Gasteiger charge is 2.25. The first-order valence-corrected chi connectivity index (χ1v) is 6.41. The molecule has 0 fully saturated rings. The summed E-state index contributed by atoms with van der Waals surface area (Å²) in [6, 6.07) is 0. The van der Waals surface area contributed by atoms with Crippen LogP contribution in [0.1, 0.15) is 18.2 Å². The molecule has 108 valence electrons. The Labute approximate surface area is 117 Å². The van der Waals surface area contributed by atoms with E-state index in [0.29, 0.717) is 23.6 Å². The minimum absolute atomic E-state index is 0.114. The third-order valence-electron chi connectivity index (χ3n) is 3.57.